The van der Waals surface area contributed by atoms with Gasteiger partial charge in [-0.05, 0) is 62.3 Å². The number of hydrogen-bond donors (Lipinski definition) is 3. The number of phenolic OH excluding ortho intramolecular Hbond substituents is 1. The van der Waals surface area contributed by atoms with Crippen LogP contribution >= 0.6 is 0 Å². The molecule has 5 amide bonds. The molecule has 5 aliphatic heterocycles. The van der Waals surface area contributed by atoms with Crippen LogP contribution in [0.25, 0.3) is 10.8 Å². The number of imide groups is 2. The zero-order chi connectivity index (χ0) is 48.7. The van der Waals surface area contributed by atoms with Crippen molar-refractivity contribution in [1.29, 1.82) is 0 Å². The number of nitrogens with zero attached hydrogens (tertiary/aromatic N) is 7. The van der Waals surface area contributed by atoms with E-state index in [1.807, 2.05) is 36.1 Å². The molecule has 0 aliphatic carbocycles. The molecule has 1 aromatic heterocycles. The van der Waals surface area contributed by atoms with E-state index in [1.165, 1.54) is 6.08 Å². The highest BCUT2D eigenvalue weighted by atomic mass is 16.5. The first kappa shape index (κ1) is 48.4. The molecule has 70 heavy (non-hydrogen) atoms. The molecule has 1 unspecified atom stereocenters. The minimum atomic E-state index is -1.02. The fourth-order valence-electron chi connectivity index (χ4n) is 10.1. The number of anilines is 3. The van der Waals surface area contributed by atoms with E-state index in [0.29, 0.717) is 90.5 Å². The Bertz CT molecular complexity index is 2610. The van der Waals surface area contributed by atoms with Gasteiger partial charge in [0.15, 0.2) is 0 Å². The summed E-state index contributed by atoms with van der Waals surface area (Å²) in [7, 11) is 0. The lowest BCUT2D eigenvalue weighted by atomic mass is 10.0. The lowest BCUT2D eigenvalue weighted by Crippen LogP contribution is -2.54. The zero-order valence-corrected chi connectivity index (χ0v) is 39.6. The third-order valence-electron chi connectivity index (χ3n) is 13.6. The molecule has 0 radical (unpaired) electrons. The second-order valence-corrected chi connectivity index (χ2v) is 18.3. The van der Waals surface area contributed by atoms with Crippen molar-refractivity contribution in [2.45, 2.75) is 63.8 Å². The minimum Gasteiger partial charge on any atom is -0.508 e. The van der Waals surface area contributed by atoms with Crippen molar-refractivity contribution in [3.8, 4) is 11.8 Å². The number of piperazine rings is 1. The summed E-state index contributed by atoms with van der Waals surface area (Å²) in [4.78, 5) is 82.6. The Balaban J connectivity index is 0.694. The van der Waals surface area contributed by atoms with Crippen molar-refractivity contribution in [3.63, 3.8) is 0 Å². The fraction of sp³-hybridized carbons (Fsp3) is 0.471. The number of benzene rings is 3. The van der Waals surface area contributed by atoms with Gasteiger partial charge in [-0.25, -0.2) is 0 Å². The van der Waals surface area contributed by atoms with E-state index in [1.54, 1.807) is 24.3 Å². The molecule has 2 atom stereocenters. The molecule has 9 rings (SSSR count). The lowest BCUT2D eigenvalue weighted by molar-refractivity contribution is -0.136. The fourth-order valence-corrected chi connectivity index (χ4v) is 10.1. The van der Waals surface area contributed by atoms with Crippen molar-refractivity contribution in [2.24, 2.45) is 0 Å². The van der Waals surface area contributed by atoms with Gasteiger partial charge in [0, 0.05) is 93.7 Å². The maximum absolute atomic E-state index is 13.3. The number of aromatic nitrogens is 2. The van der Waals surface area contributed by atoms with Crippen LogP contribution in [0.2, 0.25) is 0 Å². The summed E-state index contributed by atoms with van der Waals surface area (Å²) in [5, 5.41) is 18.1. The van der Waals surface area contributed by atoms with Crippen molar-refractivity contribution < 1.29 is 48.0 Å². The molecule has 5 aliphatic rings. The molecule has 3 N–H and O–H groups in total. The Morgan fingerprint density at radius 3 is 2.43 bits per heavy atom. The van der Waals surface area contributed by atoms with Crippen LogP contribution < -0.4 is 25.2 Å². The Hall–Kier alpha value is -6.67. The molecule has 6 heterocycles. The lowest BCUT2D eigenvalue weighted by Gasteiger charge is -2.38. The highest BCUT2D eigenvalue weighted by molar-refractivity contribution is 6.25. The predicted octanol–water partition coefficient (Wildman–Crippen LogP) is 3.53. The molecule has 3 aromatic carbocycles. The number of nitrogens with one attached hydrogen (secondary N) is 2. The topological polar surface area (TPSA) is 209 Å². The largest absolute Gasteiger partial charge is 0.508 e. The van der Waals surface area contributed by atoms with Crippen LogP contribution in [0, 0.1) is 0 Å². The minimum absolute atomic E-state index is 0.0599. The second kappa shape index (κ2) is 22.0. The number of likely N-dealkylation sites (tertiary alicyclic amines) is 1. The van der Waals surface area contributed by atoms with Crippen LogP contribution in [0.1, 0.15) is 64.6 Å². The van der Waals surface area contributed by atoms with Gasteiger partial charge in [-0.1, -0.05) is 36.9 Å². The van der Waals surface area contributed by atoms with Crippen LogP contribution in [0.4, 0.5) is 17.2 Å². The Morgan fingerprint density at radius 1 is 0.871 bits per heavy atom. The molecule has 3 fully saturated rings. The van der Waals surface area contributed by atoms with E-state index in [2.05, 4.69) is 38.0 Å². The van der Waals surface area contributed by atoms with Crippen molar-refractivity contribution in [3.05, 3.63) is 89.6 Å². The van der Waals surface area contributed by atoms with Crippen molar-refractivity contribution >= 4 is 57.5 Å². The Kier molecular flexibility index (Phi) is 15.2. The Labute approximate surface area is 406 Å². The molecule has 19 heteroatoms. The van der Waals surface area contributed by atoms with Gasteiger partial charge in [-0.2, -0.15) is 9.97 Å². The number of amides is 5. The van der Waals surface area contributed by atoms with Gasteiger partial charge in [-0.3, -0.25) is 39.1 Å². The number of phenols is 1. The molecule has 19 nitrogen and oxygen atoms in total. The van der Waals surface area contributed by atoms with Gasteiger partial charge in [-0.15, -0.1) is 0 Å². The number of carbonyl (C=O) groups is 5. The summed E-state index contributed by atoms with van der Waals surface area (Å²) in [6, 6.07) is 16.0. The van der Waals surface area contributed by atoms with Crippen LogP contribution in [0.3, 0.4) is 0 Å². The number of fused-ring (bicyclic) bond motifs is 3. The molecular formula is C51H61N9O10. The molecule has 4 aromatic rings. The first-order chi connectivity index (χ1) is 34.0. The number of rotatable bonds is 19. The third kappa shape index (κ3) is 10.9. The van der Waals surface area contributed by atoms with Crippen molar-refractivity contribution in [2.75, 3.05) is 107 Å². The first-order valence-electron chi connectivity index (χ1n) is 24.3. The van der Waals surface area contributed by atoms with Crippen molar-refractivity contribution in [1.82, 2.24) is 30.0 Å². The molecule has 0 saturated carbocycles. The monoisotopic (exact) mass is 959 g/mol. The van der Waals surface area contributed by atoms with Gasteiger partial charge in [0.1, 0.15) is 23.7 Å². The summed E-state index contributed by atoms with van der Waals surface area (Å²) in [5.74, 6) is -1.16. The highest BCUT2D eigenvalue weighted by Gasteiger charge is 2.45. The summed E-state index contributed by atoms with van der Waals surface area (Å²) < 4.78 is 24.2. The van der Waals surface area contributed by atoms with Crippen LogP contribution in [0.15, 0.2) is 67.3 Å². The Morgan fingerprint density at radius 2 is 1.64 bits per heavy atom. The van der Waals surface area contributed by atoms with E-state index in [-0.39, 0.29) is 47.8 Å². The smallest absolute Gasteiger partial charge is 0.318 e. The standard InChI is InChI=1S/C51H61N9O10/c1-3-45(63)57-20-22-58(23-21-57)47-38-15-19-59(43-30-35(61)29-34-7-4-5-8-37(34)43)32-41(38)53-51(55-47)70-33(2)31-56-17-13-36(14-18-56)69-28-27-68-26-25-67-24-16-52-40-10-6-9-39-46(40)50(66)60(49(39)65)42-11-12-44(62)54-48(42)64/h3-10,29-30,33,36,42,52,61H,1,11-28,31-32H2,2H3,(H,54,62,64)/t33-,42?/m1/s1. The van der Waals surface area contributed by atoms with Gasteiger partial charge < -0.3 is 44.1 Å². The maximum atomic E-state index is 13.3. The van der Waals surface area contributed by atoms with Crippen LogP contribution in [-0.4, -0.2) is 169 Å². The first-order valence-corrected chi connectivity index (χ1v) is 24.3. The average molecular weight is 960 g/mol. The number of carbonyl (C=O) groups excluding carboxylic acids is 5. The molecule has 0 spiro atoms. The highest BCUT2D eigenvalue weighted by Crippen LogP contribution is 2.37. The van der Waals surface area contributed by atoms with E-state index in [4.69, 9.17) is 28.9 Å². The van der Waals surface area contributed by atoms with Gasteiger partial charge >= 0.3 is 6.01 Å². The second-order valence-electron chi connectivity index (χ2n) is 18.3. The van der Waals surface area contributed by atoms with Gasteiger partial charge in [0.25, 0.3) is 11.8 Å². The molecule has 370 valence electrons. The van der Waals surface area contributed by atoms with E-state index < -0.39 is 29.7 Å². The third-order valence-corrected chi connectivity index (χ3v) is 13.6. The molecule has 3 saturated heterocycles. The van der Waals surface area contributed by atoms with E-state index >= 15 is 0 Å². The summed E-state index contributed by atoms with van der Waals surface area (Å²) in [6.45, 7) is 14.3. The quantitative estimate of drug-likeness (QED) is 0.0698. The summed E-state index contributed by atoms with van der Waals surface area (Å²) in [5.41, 5.74) is 3.85. The molecular weight excluding hydrogens is 899 g/mol. The maximum Gasteiger partial charge on any atom is 0.318 e. The molecule has 0 bridgehead atoms. The summed E-state index contributed by atoms with van der Waals surface area (Å²) >= 11 is 0. The average Bonchev–Trinajstić information content (AvgIpc) is 3.62. The van der Waals surface area contributed by atoms with E-state index in [9.17, 15) is 29.1 Å². The number of hydrogen-bond acceptors (Lipinski definition) is 16. The normalized spacial score (nSPS) is 19.3. The predicted molar refractivity (Wildman–Crippen MR) is 260 cm³/mol. The zero-order valence-electron chi connectivity index (χ0n) is 39.6. The number of aromatic hydroxyl groups is 1. The SMILES string of the molecule is C=CC(=O)N1CCN(c2nc(O[C@H](C)CN3CCC(OCCOCCOCCNc4cccc5c4C(=O)N(C4CCC(=O)NC4=O)C5=O)CC3)nc3c2CCN(c2cc(O)cc4ccccc24)C3)CC1. The summed E-state index contributed by atoms with van der Waals surface area (Å²) in [6.07, 6.45) is 3.98. The van der Waals surface area contributed by atoms with Gasteiger partial charge in [0.2, 0.25) is 17.7 Å². The van der Waals surface area contributed by atoms with E-state index in [0.717, 1.165) is 77.3 Å². The number of piperidine rings is 2. The number of ether oxygens (including phenoxy) is 4. The van der Waals surface area contributed by atoms with Crippen LogP contribution in [0.5, 0.6) is 11.8 Å². The van der Waals surface area contributed by atoms with Crippen LogP contribution in [-0.2, 0) is 41.6 Å². The van der Waals surface area contributed by atoms with Gasteiger partial charge in [0.05, 0.1) is 62.5 Å².